The van der Waals surface area contributed by atoms with Gasteiger partial charge < -0.3 is 15.3 Å². The molecule has 2 saturated heterocycles. The van der Waals surface area contributed by atoms with Gasteiger partial charge >= 0.3 is 0 Å². The molecule has 2 amide bonds. The second kappa shape index (κ2) is 4.05. The lowest BCUT2D eigenvalue weighted by molar-refractivity contribution is -0.158. The quantitative estimate of drug-likeness (QED) is 0.690. The molecule has 2 aliphatic heterocycles. The third kappa shape index (κ3) is 2.04. The lowest BCUT2D eigenvalue weighted by atomic mass is 9.88. The number of hydrogen-bond donors (Lipinski definition) is 2. The van der Waals surface area contributed by atoms with Gasteiger partial charge in [0, 0.05) is 6.42 Å². The van der Waals surface area contributed by atoms with E-state index in [0.717, 1.165) is 12.8 Å². The molecule has 90 valence electrons. The normalized spacial score (nSPS) is 27.5. The molecule has 2 N–H and O–H groups in total. The molecule has 0 radical (unpaired) electrons. The first-order valence-electron chi connectivity index (χ1n) is 5.84. The number of rotatable bonds is 3. The van der Waals surface area contributed by atoms with E-state index in [1.165, 1.54) is 0 Å². The van der Waals surface area contributed by atoms with Gasteiger partial charge in [-0.3, -0.25) is 9.59 Å². The number of hydrogen-bond acceptors (Lipinski definition) is 3. The predicted octanol–water partition coefficient (Wildman–Crippen LogP) is -0.362. The highest BCUT2D eigenvalue weighted by molar-refractivity contribution is 5.91. The molecule has 0 unspecified atom stereocenters. The number of carbonyl (C=O) groups excluding carboxylic acids is 2. The largest absolute Gasteiger partial charge is 0.386 e. The number of carbonyl (C=O) groups is 2. The van der Waals surface area contributed by atoms with Gasteiger partial charge in [-0.25, -0.2) is 0 Å². The predicted molar refractivity (Wildman–Crippen MR) is 57.6 cm³/mol. The van der Waals surface area contributed by atoms with Crippen LogP contribution in [0.25, 0.3) is 0 Å². The molecular formula is C11H18N2O3. The van der Waals surface area contributed by atoms with E-state index in [9.17, 15) is 14.7 Å². The molecule has 0 aromatic rings. The second-order valence-electron chi connectivity index (χ2n) is 4.83. The van der Waals surface area contributed by atoms with E-state index >= 15 is 0 Å². The maximum absolute atomic E-state index is 11.9. The standard InChI is InChI=1S/C11H18N2O3/c1-2-5-11(16)6-13(7-11)10(15)8-3-4-9(14)12-8/h8,16H,2-7H2,1H3,(H,12,14)/t8-/m0/s1. The Morgan fingerprint density at radius 2 is 2.31 bits per heavy atom. The summed E-state index contributed by atoms with van der Waals surface area (Å²) in [7, 11) is 0. The molecule has 5 heteroatoms. The molecule has 2 fully saturated rings. The van der Waals surface area contributed by atoms with Crippen LogP contribution in [-0.2, 0) is 9.59 Å². The van der Waals surface area contributed by atoms with Gasteiger partial charge in [-0.15, -0.1) is 0 Å². The molecule has 0 spiro atoms. The maximum atomic E-state index is 11.9. The lowest BCUT2D eigenvalue weighted by Crippen LogP contribution is -2.65. The summed E-state index contributed by atoms with van der Waals surface area (Å²) in [6.45, 7) is 2.83. The molecule has 2 heterocycles. The first-order chi connectivity index (χ1) is 7.54. The van der Waals surface area contributed by atoms with Gasteiger partial charge in [-0.1, -0.05) is 13.3 Å². The van der Waals surface area contributed by atoms with E-state index in [4.69, 9.17) is 0 Å². The zero-order chi connectivity index (χ0) is 11.8. The number of aliphatic hydroxyl groups is 1. The van der Waals surface area contributed by atoms with Gasteiger partial charge in [0.15, 0.2) is 0 Å². The first-order valence-corrected chi connectivity index (χ1v) is 5.84. The molecule has 0 bridgehead atoms. The average molecular weight is 226 g/mol. The maximum Gasteiger partial charge on any atom is 0.245 e. The van der Waals surface area contributed by atoms with Gasteiger partial charge in [0.25, 0.3) is 0 Å². The van der Waals surface area contributed by atoms with Crippen LogP contribution in [0.4, 0.5) is 0 Å². The molecule has 16 heavy (non-hydrogen) atoms. The third-order valence-corrected chi connectivity index (χ3v) is 3.29. The minimum absolute atomic E-state index is 0.0494. The highest BCUT2D eigenvalue weighted by Gasteiger charge is 2.45. The van der Waals surface area contributed by atoms with Gasteiger partial charge in [-0.2, -0.15) is 0 Å². The molecule has 2 aliphatic rings. The van der Waals surface area contributed by atoms with Crippen LogP contribution in [0.3, 0.4) is 0 Å². The Morgan fingerprint density at radius 1 is 1.62 bits per heavy atom. The molecule has 0 aromatic heterocycles. The zero-order valence-corrected chi connectivity index (χ0v) is 9.53. The number of nitrogens with zero attached hydrogens (tertiary/aromatic N) is 1. The van der Waals surface area contributed by atoms with E-state index in [2.05, 4.69) is 5.32 Å². The van der Waals surface area contributed by atoms with Crippen LogP contribution >= 0.6 is 0 Å². The van der Waals surface area contributed by atoms with Crippen LogP contribution in [0.2, 0.25) is 0 Å². The van der Waals surface area contributed by atoms with Crippen molar-refractivity contribution < 1.29 is 14.7 Å². The first kappa shape index (κ1) is 11.4. The average Bonchev–Trinajstić information content (AvgIpc) is 2.60. The monoisotopic (exact) mass is 226 g/mol. The van der Waals surface area contributed by atoms with Crippen molar-refractivity contribution in [1.82, 2.24) is 10.2 Å². The van der Waals surface area contributed by atoms with Gasteiger partial charge in [-0.05, 0) is 12.8 Å². The van der Waals surface area contributed by atoms with Crippen molar-refractivity contribution >= 4 is 11.8 Å². The van der Waals surface area contributed by atoms with E-state index in [0.29, 0.717) is 25.9 Å². The fourth-order valence-electron chi connectivity index (χ4n) is 2.46. The van der Waals surface area contributed by atoms with Gasteiger partial charge in [0.2, 0.25) is 11.8 Å². The lowest BCUT2D eigenvalue weighted by Gasteiger charge is -2.47. The Bertz CT molecular complexity index is 310. The van der Waals surface area contributed by atoms with Crippen LogP contribution in [-0.4, -0.2) is 46.6 Å². The number of β-amino-alcohol motifs (C(OH)–C–C–N with tert-alkyl or cyclic N) is 1. The van der Waals surface area contributed by atoms with E-state index in [-0.39, 0.29) is 17.9 Å². The van der Waals surface area contributed by atoms with Crippen molar-refractivity contribution in [1.29, 1.82) is 0 Å². The molecule has 5 nitrogen and oxygen atoms in total. The summed E-state index contributed by atoms with van der Waals surface area (Å²) in [6, 6.07) is -0.362. The topological polar surface area (TPSA) is 69.6 Å². The highest BCUT2D eigenvalue weighted by Crippen LogP contribution is 2.27. The smallest absolute Gasteiger partial charge is 0.245 e. The summed E-state index contributed by atoms with van der Waals surface area (Å²) < 4.78 is 0. The summed E-state index contributed by atoms with van der Waals surface area (Å²) in [4.78, 5) is 24.5. The Balaban J connectivity index is 1.83. The van der Waals surface area contributed by atoms with Crippen molar-refractivity contribution in [2.45, 2.75) is 44.2 Å². The van der Waals surface area contributed by atoms with E-state index < -0.39 is 5.60 Å². The Labute approximate surface area is 94.8 Å². The van der Waals surface area contributed by atoms with Gasteiger partial charge in [0.05, 0.1) is 18.7 Å². The number of amides is 2. The number of nitrogens with one attached hydrogen (secondary N) is 1. The van der Waals surface area contributed by atoms with Crippen LogP contribution in [0.1, 0.15) is 32.6 Å². The van der Waals surface area contributed by atoms with Crippen molar-refractivity contribution in [3.8, 4) is 0 Å². The summed E-state index contributed by atoms with van der Waals surface area (Å²) in [5.74, 6) is -0.102. The Hall–Kier alpha value is -1.10. The summed E-state index contributed by atoms with van der Waals surface area (Å²) in [5, 5.41) is 12.6. The summed E-state index contributed by atoms with van der Waals surface area (Å²) >= 11 is 0. The second-order valence-corrected chi connectivity index (χ2v) is 4.83. The minimum Gasteiger partial charge on any atom is -0.386 e. The highest BCUT2D eigenvalue weighted by atomic mass is 16.3. The Kier molecular flexibility index (Phi) is 2.88. The van der Waals surface area contributed by atoms with Crippen molar-refractivity contribution in [2.24, 2.45) is 0 Å². The molecule has 2 rings (SSSR count). The molecule has 0 aliphatic carbocycles. The van der Waals surface area contributed by atoms with Crippen LogP contribution < -0.4 is 5.32 Å². The van der Waals surface area contributed by atoms with Crippen LogP contribution in [0.5, 0.6) is 0 Å². The van der Waals surface area contributed by atoms with Crippen LogP contribution in [0, 0.1) is 0 Å². The SMILES string of the molecule is CCCC1(O)CN(C(=O)[C@@H]2CCC(=O)N2)C1. The van der Waals surface area contributed by atoms with E-state index in [1.807, 2.05) is 6.92 Å². The molecule has 0 saturated carbocycles. The Morgan fingerprint density at radius 3 is 2.81 bits per heavy atom. The third-order valence-electron chi connectivity index (χ3n) is 3.29. The van der Waals surface area contributed by atoms with Crippen LogP contribution in [0.15, 0.2) is 0 Å². The minimum atomic E-state index is -0.687. The van der Waals surface area contributed by atoms with E-state index in [1.54, 1.807) is 4.90 Å². The number of likely N-dealkylation sites (tertiary alicyclic amines) is 1. The fraction of sp³-hybridized carbons (Fsp3) is 0.818. The summed E-state index contributed by atoms with van der Waals surface area (Å²) in [5.41, 5.74) is -0.687. The van der Waals surface area contributed by atoms with Crippen molar-refractivity contribution in [3.05, 3.63) is 0 Å². The fourth-order valence-corrected chi connectivity index (χ4v) is 2.46. The molecular weight excluding hydrogens is 208 g/mol. The van der Waals surface area contributed by atoms with Gasteiger partial charge in [0.1, 0.15) is 6.04 Å². The molecule has 1 atom stereocenters. The molecule has 0 aromatic carbocycles. The zero-order valence-electron chi connectivity index (χ0n) is 9.53. The van der Waals surface area contributed by atoms with Crippen molar-refractivity contribution in [3.63, 3.8) is 0 Å². The van der Waals surface area contributed by atoms with Crippen molar-refractivity contribution in [2.75, 3.05) is 13.1 Å². The summed E-state index contributed by atoms with van der Waals surface area (Å²) in [6.07, 6.45) is 2.66.